The quantitative estimate of drug-likeness (QED) is 0.153. The lowest BCUT2D eigenvalue weighted by atomic mass is 10.1. The average Bonchev–Trinajstić information content (AvgIpc) is 2.73. The first-order valence-electron chi connectivity index (χ1n) is 10.4. The molecule has 31 heavy (non-hydrogen) atoms. The normalized spacial score (nSPS) is 11.7. The SMILES string of the molecule is CC=CC(=O)OC(CCCCCC)CCCOC(=O)c1ccccc1C(=O)OC(=O)O. The molecule has 0 saturated heterocycles. The molecule has 0 aliphatic rings. The lowest BCUT2D eigenvalue weighted by molar-refractivity contribution is -0.143. The Hall–Kier alpha value is -3.16. The van der Waals surface area contributed by atoms with Crippen LogP contribution in [0.5, 0.6) is 0 Å². The van der Waals surface area contributed by atoms with Crippen molar-refractivity contribution >= 4 is 24.1 Å². The first-order valence-corrected chi connectivity index (χ1v) is 10.4. The highest BCUT2D eigenvalue weighted by atomic mass is 16.7. The number of benzene rings is 1. The van der Waals surface area contributed by atoms with Crippen LogP contribution in [0, 0.1) is 0 Å². The van der Waals surface area contributed by atoms with Gasteiger partial charge in [-0.15, -0.1) is 0 Å². The van der Waals surface area contributed by atoms with Gasteiger partial charge in [0.15, 0.2) is 0 Å². The molecule has 0 heterocycles. The number of rotatable bonds is 13. The third kappa shape index (κ3) is 10.4. The summed E-state index contributed by atoms with van der Waals surface area (Å²) in [6.07, 6.45) is 6.94. The number of unbranched alkanes of at least 4 members (excludes halogenated alkanes) is 3. The molecule has 0 aliphatic carbocycles. The maximum atomic E-state index is 12.3. The Balaban J connectivity index is 2.59. The first kappa shape index (κ1) is 25.9. The van der Waals surface area contributed by atoms with Gasteiger partial charge in [0, 0.05) is 6.08 Å². The molecule has 1 aromatic rings. The smallest absolute Gasteiger partial charge is 0.462 e. The van der Waals surface area contributed by atoms with Crippen LogP contribution in [0.2, 0.25) is 0 Å². The van der Waals surface area contributed by atoms with Gasteiger partial charge < -0.3 is 19.3 Å². The Morgan fingerprint density at radius 1 is 0.968 bits per heavy atom. The molecule has 1 rings (SSSR count). The molecule has 1 unspecified atom stereocenters. The maximum absolute atomic E-state index is 12.3. The van der Waals surface area contributed by atoms with Crippen molar-refractivity contribution in [2.75, 3.05) is 6.61 Å². The summed E-state index contributed by atoms with van der Waals surface area (Å²) in [5, 5.41) is 8.59. The van der Waals surface area contributed by atoms with E-state index in [1.165, 1.54) is 30.3 Å². The van der Waals surface area contributed by atoms with E-state index in [1.54, 1.807) is 13.0 Å². The third-order valence-corrected chi connectivity index (χ3v) is 4.42. The monoisotopic (exact) mass is 434 g/mol. The molecule has 0 amide bonds. The predicted octanol–water partition coefficient (Wildman–Crippen LogP) is 4.92. The van der Waals surface area contributed by atoms with Crippen molar-refractivity contribution in [3.63, 3.8) is 0 Å². The number of carbonyl (C=O) groups is 4. The van der Waals surface area contributed by atoms with Crippen molar-refractivity contribution in [3.05, 3.63) is 47.5 Å². The molecule has 1 atom stereocenters. The fraction of sp³-hybridized carbons (Fsp3) is 0.478. The minimum absolute atomic E-state index is 0.0633. The molecule has 0 radical (unpaired) electrons. The van der Waals surface area contributed by atoms with Crippen LogP contribution in [-0.4, -0.2) is 41.9 Å². The lowest BCUT2D eigenvalue weighted by Gasteiger charge is -2.17. The number of carboxylic acid groups (broad SMARTS) is 1. The number of hydrogen-bond acceptors (Lipinski definition) is 7. The van der Waals surface area contributed by atoms with Gasteiger partial charge in [0.05, 0.1) is 17.7 Å². The van der Waals surface area contributed by atoms with Crippen molar-refractivity contribution in [2.24, 2.45) is 0 Å². The summed E-state index contributed by atoms with van der Waals surface area (Å²) in [7, 11) is 0. The zero-order chi connectivity index (χ0) is 23.1. The van der Waals surface area contributed by atoms with Gasteiger partial charge in [0.1, 0.15) is 6.10 Å². The fourth-order valence-corrected chi connectivity index (χ4v) is 2.93. The highest BCUT2D eigenvalue weighted by Crippen LogP contribution is 2.16. The summed E-state index contributed by atoms with van der Waals surface area (Å²) in [5.74, 6) is -2.31. The molecule has 0 saturated carbocycles. The zero-order valence-corrected chi connectivity index (χ0v) is 18.0. The van der Waals surface area contributed by atoms with E-state index in [0.717, 1.165) is 32.1 Å². The van der Waals surface area contributed by atoms with Gasteiger partial charge in [-0.1, -0.05) is 44.4 Å². The fourth-order valence-electron chi connectivity index (χ4n) is 2.93. The third-order valence-electron chi connectivity index (χ3n) is 4.42. The van der Waals surface area contributed by atoms with E-state index in [-0.39, 0.29) is 23.8 Å². The average molecular weight is 434 g/mol. The Kier molecular flexibility index (Phi) is 12.3. The van der Waals surface area contributed by atoms with Crippen molar-refractivity contribution in [1.29, 1.82) is 0 Å². The highest BCUT2D eigenvalue weighted by Gasteiger charge is 2.21. The van der Waals surface area contributed by atoms with Crippen LogP contribution in [0.3, 0.4) is 0 Å². The minimum atomic E-state index is -1.76. The van der Waals surface area contributed by atoms with Gasteiger partial charge in [-0.3, -0.25) is 0 Å². The molecule has 0 bridgehead atoms. The molecule has 0 fully saturated rings. The minimum Gasteiger partial charge on any atom is -0.462 e. The van der Waals surface area contributed by atoms with Crippen molar-refractivity contribution < 1.29 is 38.5 Å². The van der Waals surface area contributed by atoms with Crippen LogP contribution in [0.15, 0.2) is 36.4 Å². The van der Waals surface area contributed by atoms with E-state index >= 15 is 0 Å². The van der Waals surface area contributed by atoms with Crippen LogP contribution in [-0.2, 0) is 19.0 Å². The summed E-state index contributed by atoms with van der Waals surface area (Å²) in [6, 6.07) is 5.66. The summed E-state index contributed by atoms with van der Waals surface area (Å²) < 4.78 is 14.8. The second-order valence-electron chi connectivity index (χ2n) is 6.89. The molecule has 0 aliphatic heterocycles. The molecule has 1 aromatic carbocycles. The van der Waals surface area contributed by atoms with Gasteiger partial charge in [-0.25, -0.2) is 19.2 Å². The van der Waals surface area contributed by atoms with E-state index in [1.807, 2.05) is 0 Å². The highest BCUT2D eigenvalue weighted by molar-refractivity contribution is 6.05. The molecule has 0 spiro atoms. The van der Waals surface area contributed by atoms with E-state index in [2.05, 4.69) is 11.7 Å². The molecular weight excluding hydrogens is 404 g/mol. The Morgan fingerprint density at radius 2 is 1.61 bits per heavy atom. The van der Waals surface area contributed by atoms with Crippen LogP contribution in [0.1, 0.15) is 79.5 Å². The second kappa shape index (κ2) is 14.8. The summed E-state index contributed by atoms with van der Waals surface area (Å²) in [4.78, 5) is 46.5. The molecular formula is C23H30O8. The van der Waals surface area contributed by atoms with E-state index < -0.39 is 24.1 Å². The van der Waals surface area contributed by atoms with Gasteiger partial charge >= 0.3 is 24.1 Å². The van der Waals surface area contributed by atoms with Gasteiger partial charge in [0.2, 0.25) is 0 Å². The van der Waals surface area contributed by atoms with Crippen LogP contribution in [0.25, 0.3) is 0 Å². The molecule has 8 heteroatoms. The molecule has 0 aromatic heterocycles. The molecule has 1 N–H and O–H groups in total. The van der Waals surface area contributed by atoms with Crippen LogP contribution >= 0.6 is 0 Å². The van der Waals surface area contributed by atoms with Crippen molar-refractivity contribution in [2.45, 2.75) is 64.9 Å². The molecule has 8 nitrogen and oxygen atoms in total. The number of ether oxygens (including phenoxy) is 3. The summed E-state index contributed by atoms with van der Waals surface area (Å²) >= 11 is 0. The standard InChI is InChI=1S/C23H30O8/c1-3-5-6-7-12-17(30-20(24)11-4-2)13-10-16-29-21(25)18-14-8-9-15-19(18)22(26)31-23(27)28/h4,8-9,11,14-15,17H,3,5-7,10,12-13,16H2,1-2H3,(H,27,28). The summed E-state index contributed by atoms with van der Waals surface area (Å²) in [5.41, 5.74) is -0.270. The maximum Gasteiger partial charge on any atom is 0.513 e. The van der Waals surface area contributed by atoms with Crippen molar-refractivity contribution in [3.8, 4) is 0 Å². The summed E-state index contributed by atoms with van der Waals surface area (Å²) in [6.45, 7) is 3.92. The van der Waals surface area contributed by atoms with Crippen LogP contribution in [0.4, 0.5) is 4.79 Å². The first-order chi connectivity index (χ1) is 14.9. The number of hydrogen-bond donors (Lipinski definition) is 1. The molecule has 170 valence electrons. The Labute approximate surface area is 182 Å². The number of esters is 3. The van der Waals surface area contributed by atoms with Gasteiger partial charge in [0.25, 0.3) is 0 Å². The van der Waals surface area contributed by atoms with Crippen LogP contribution < -0.4 is 0 Å². The number of carbonyl (C=O) groups excluding carboxylic acids is 3. The van der Waals surface area contributed by atoms with Gasteiger partial charge in [-0.2, -0.15) is 0 Å². The largest absolute Gasteiger partial charge is 0.513 e. The number of allylic oxidation sites excluding steroid dienone is 1. The van der Waals surface area contributed by atoms with E-state index in [9.17, 15) is 19.2 Å². The topological polar surface area (TPSA) is 116 Å². The van der Waals surface area contributed by atoms with Crippen molar-refractivity contribution in [1.82, 2.24) is 0 Å². The Morgan fingerprint density at radius 3 is 2.23 bits per heavy atom. The van der Waals surface area contributed by atoms with E-state index in [4.69, 9.17) is 14.6 Å². The zero-order valence-electron chi connectivity index (χ0n) is 18.0. The second-order valence-corrected chi connectivity index (χ2v) is 6.89. The van der Waals surface area contributed by atoms with Gasteiger partial charge in [-0.05, 0) is 44.7 Å². The Bertz CT molecular complexity index is 769. The predicted molar refractivity (Wildman–Crippen MR) is 113 cm³/mol. The van der Waals surface area contributed by atoms with E-state index in [0.29, 0.717) is 12.8 Å². The lowest BCUT2D eigenvalue weighted by Crippen LogP contribution is -2.19.